The van der Waals surface area contributed by atoms with E-state index in [1.165, 1.54) is 12.1 Å². The summed E-state index contributed by atoms with van der Waals surface area (Å²) in [6, 6.07) is 6.23. The lowest BCUT2D eigenvalue weighted by Gasteiger charge is -2.06. The number of rotatable bonds is 2. The molecule has 0 N–H and O–H groups in total. The zero-order valence-electron chi connectivity index (χ0n) is 7.42. The van der Waals surface area contributed by atoms with Crippen LogP contribution >= 0.6 is 0 Å². The lowest BCUT2D eigenvalue weighted by Crippen LogP contribution is -1.91. The zero-order chi connectivity index (χ0) is 9.84. The first kappa shape index (κ1) is 9.47. The minimum Gasteiger partial charge on any atom is -0.207 e. The minimum atomic E-state index is -0.372. The van der Waals surface area contributed by atoms with Gasteiger partial charge in [0, 0.05) is 0 Å². The third-order valence-corrected chi connectivity index (χ3v) is 1.93. The molecule has 0 saturated heterocycles. The molecule has 0 spiro atoms. The van der Waals surface area contributed by atoms with Crippen molar-refractivity contribution in [3.8, 4) is 6.07 Å². The molecule has 0 amide bonds. The van der Waals surface area contributed by atoms with Crippen molar-refractivity contribution in [2.45, 2.75) is 12.8 Å². The summed E-state index contributed by atoms with van der Waals surface area (Å²) in [5.41, 5.74) is 1.13. The van der Waals surface area contributed by atoms with Crippen LogP contribution in [0.5, 0.6) is 0 Å². The number of halogens is 1. The molecule has 0 aromatic heterocycles. The van der Waals surface area contributed by atoms with Crippen molar-refractivity contribution in [1.29, 1.82) is 5.26 Å². The van der Waals surface area contributed by atoms with Crippen LogP contribution in [0.1, 0.15) is 24.0 Å². The largest absolute Gasteiger partial charge is 0.207 e. The standard InChI is InChI=1S/C11H10FN/c1-3-8(2)10-4-9(7-13)5-11(12)6-10/h3-6,8H,1H2,2H3. The summed E-state index contributed by atoms with van der Waals surface area (Å²) in [4.78, 5) is 0. The predicted octanol–water partition coefficient (Wildman–Crippen LogP) is 2.99. The van der Waals surface area contributed by atoms with Crippen molar-refractivity contribution in [3.63, 3.8) is 0 Å². The van der Waals surface area contributed by atoms with Gasteiger partial charge in [0.1, 0.15) is 5.82 Å². The SMILES string of the molecule is C=CC(C)c1cc(F)cc(C#N)c1. The first-order chi connectivity index (χ1) is 6.17. The zero-order valence-corrected chi connectivity index (χ0v) is 7.42. The van der Waals surface area contributed by atoms with Gasteiger partial charge in [0.25, 0.3) is 0 Å². The molecule has 0 aliphatic carbocycles. The van der Waals surface area contributed by atoms with Gasteiger partial charge in [-0.1, -0.05) is 13.0 Å². The third kappa shape index (κ3) is 2.16. The van der Waals surface area contributed by atoms with E-state index < -0.39 is 0 Å². The maximum atomic E-state index is 12.9. The van der Waals surface area contributed by atoms with E-state index in [0.29, 0.717) is 5.56 Å². The fourth-order valence-corrected chi connectivity index (χ4v) is 1.08. The molecule has 1 unspecified atom stereocenters. The predicted molar refractivity (Wildman–Crippen MR) is 49.7 cm³/mol. The maximum absolute atomic E-state index is 12.9. The molecule has 1 nitrogen and oxygen atoms in total. The quantitative estimate of drug-likeness (QED) is 0.634. The summed E-state index contributed by atoms with van der Waals surface area (Å²) in [5.74, 6) is -0.300. The average Bonchev–Trinajstić information content (AvgIpc) is 2.15. The number of allylic oxidation sites excluding steroid dienone is 1. The van der Waals surface area contributed by atoms with E-state index in [1.54, 1.807) is 12.1 Å². The second-order valence-corrected chi connectivity index (χ2v) is 2.91. The Morgan fingerprint density at radius 2 is 2.23 bits per heavy atom. The van der Waals surface area contributed by atoms with E-state index in [4.69, 9.17) is 5.26 Å². The highest BCUT2D eigenvalue weighted by molar-refractivity contribution is 5.36. The summed E-state index contributed by atoms with van der Waals surface area (Å²) >= 11 is 0. The van der Waals surface area contributed by atoms with Crippen LogP contribution in [0.3, 0.4) is 0 Å². The summed E-state index contributed by atoms with van der Waals surface area (Å²) < 4.78 is 12.9. The highest BCUT2D eigenvalue weighted by atomic mass is 19.1. The van der Waals surface area contributed by atoms with Crippen LogP contribution in [0.15, 0.2) is 30.9 Å². The lowest BCUT2D eigenvalue weighted by molar-refractivity contribution is 0.624. The van der Waals surface area contributed by atoms with Gasteiger partial charge in [0.15, 0.2) is 0 Å². The molecular weight excluding hydrogens is 165 g/mol. The Morgan fingerprint density at radius 3 is 2.77 bits per heavy atom. The van der Waals surface area contributed by atoms with Gasteiger partial charge < -0.3 is 0 Å². The summed E-state index contributed by atoms with van der Waals surface area (Å²) in [5, 5.41) is 8.60. The first-order valence-corrected chi connectivity index (χ1v) is 4.00. The Labute approximate surface area is 77.1 Å². The average molecular weight is 175 g/mol. The Hall–Kier alpha value is -1.62. The number of hydrogen-bond donors (Lipinski definition) is 0. The summed E-state index contributed by atoms with van der Waals surface area (Å²) in [7, 11) is 0. The first-order valence-electron chi connectivity index (χ1n) is 4.00. The van der Waals surface area contributed by atoms with Gasteiger partial charge in [-0.2, -0.15) is 5.26 Å². The highest BCUT2D eigenvalue weighted by Crippen LogP contribution is 2.18. The molecule has 13 heavy (non-hydrogen) atoms. The smallest absolute Gasteiger partial charge is 0.124 e. The molecule has 1 aromatic carbocycles. The van der Waals surface area contributed by atoms with Gasteiger partial charge in [0.05, 0.1) is 11.6 Å². The molecule has 1 atom stereocenters. The molecule has 0 saturated carbocycles. The normalized spacial score (nSPS) is 11.8. The van der Waals surface area contributed by atoms with Crippen LogP contribution in [0.25, 0.3) is 0 Å². The van der Waals surface area contributed by atoms with E-state index in [0.717, 1.165) is 5.56 Å². The lowest BCUT2D eigenvalue weighted by atomic mass is 9.99. The number of nitrogens with zero attached hydrogens (tertiary/aromatic N) is 1. The number of benzene rings is 1. The fourth-order valence-electron chi connectivity index (χ4n) is 1.08. The van der Waals surface area contributed by atoms with E-state index in [-0.39, 0.29) is 11.7 Å². The van der Waals surface area contributed by atoms with Crippen molar-refractivity contribution in [2.24, 2.45) is 0 Å². The second-order valence-electron chi connectivity index (χ2n) is 2.91. The van der Waals surface area contributed by atoms with Crippen molar-refractivity contribution >= 4 is 0 Å². The van der Waals surface area contributed by atoms with Crippen LogP contribution in [0.4, 0.5) is 4.39 Å². The highest BCUT2D eigenvalue weighted by Gasteiger charge is 2.04. The Morgan fingerprint density at radius 1 is 1.54 bits per heavy atom. The minimum absolute atomic E-state index is 0.0720. The molecule has 0 bridgehead atoms. The molecule has 0 radical (unpaired) electrons. The summed E-state index contributed by atoms with van der Waals surface area (Å²) in [6.45, 7) is 5.52. The van der Waals surface area contributed by atoms with Crippen molar-refractivity contribution in [1.82, 2.24) is 0 Å². The van der Waals surface area contributed by atoms with E-state index in [2.05, 4.69) is 6.58 Å². The second kappa shape index (κ2) is 3.86. The molecule has 1 aromatic rings. The summed E-state index contributed by atoms with van der Waals surface area (Å²) in [6.07, 6.45) is 1.72. The van der Waals surface area contributed by atoms with E-state index in [9.17, 15) is 4.39 Å². The molecule has 0 aliphatic heterocycles. The van der Waals surface area contributed by atoms with Crippen LogP contribution in [-0.2, 0) is 0 Å². The molecule has 66 valence electrons. The van der Waals surface area contributed by atoms with Gasteiger partial charge in [0.2, 0.25) is 0 Å². The van der Waals surface area contributed by atoms with Gasteiger partial charge in [-0.25, -0.2) is 4.39 Å². The van der Waals surface area contributed by atoms with Gasteiger partial charge >= 0.3 is 0 Å². The Balaban J connectivity index is 3.17. The van der Waals surface area contributed by atoms with Crippen molar-refractivity contribution < 1.29 is 4.39 Å². The molecule has 2 heteroatoms. The van der Waals surface area contributed by atoms with Gasteiger partial charge in [-0.05, 0) is 29.7 Å². The van der Waals surface area contributed by atoms with Crippen LogP contribution in [0, 0.1) is 17.1 Å². The molecule has 0 heterocycles. The van der Waals surface area contributed by atoms with Crippen molar-refractivity contribution in [2.75, 3.05) is 0 Å². The third-order valence-electron chi connectivity index (χ3n) is 1.93. The molecule has 0 aliphatic rings. The monoisotopic (exact) mass is 175 g/mol. The van der Waals surface area contributed by atoms with E-state index in [1.807, 2.05) is 13.0 Å². The molecular formula is C11H10FN. The molecule has 1 rings (SSSR count). The fraction of sp³-hybridized carbons (Fsp3) is 0.182. The maximum Gasteiger partial charge on any atom is 0.124 e. The number of nitriles is 1. The van der Waals surface area contributed by atoms with Crippen LogP contribution in [-0.4, -0.2) is 0 Å². The van der Waals surface area contributed by atoms with Gasteiger partial charge in [-0.3, -0.25) is 0 Å². The Bertz CT molecular complexity index is 363. The Kier molecular flexibility index (Phi) is 2.81. The van der Waals surface area contributed by atoms with Crippen LogP contribution in [0.2, 0.25) is 0 Å². The van der Waals surface area contributed by atoms with Gasteiger partial charge in [-0.15, -0.1) is 6.58 Å². The van der Waals surface area contributed by atoms with Crippen LogP contribution < -0.4 is 0 Å². The van der Waals surface area contributed by atoms with E-state index >= 15 is 0 Å². The molecule has 0 fully saturated rings. The topological polar surface area (TPSA) is 23.8 Å². The van der Waals surface area contributed by atoms with Crippen molar-refractivity contribution in [3.05, 3.63) is 47.8 Å². The number of hydrogen-bond acceptors (Lipinski definition) is 1.